The lowest BCUT2D eigenvalue weighted by Crippen LogP contribution is -2.39. The van der Waals surface area contributed by atoms with Gasteiger partial charge >= 0.3 is 0 Å². The monoisotopic (exact) mass is 517 g/mol. The molecule has 0 amide bonds. The molecule has 1 aromatic carbocycles. The Labute approximate surface area is 208 Å². The minimum Gasteiger partial charge on any atom is -0.467 e. The van der Waals surface area contributed by atoms with E-state index in [-0.39, 0.29) is 11.9 Å². The maximum Gasteiger partial charge on any atom is 0.274 e. The van der Waals surface area contributed by atoms with Crippen molar-refractivity contribution in [1.29, 1.82) is 0 Å². The molecule has 35 heavy (non-hydrogen) atoms. The summed E-state index contributed by atoms with van der Waals surface area (Å²) in [5.74, 6) is 0.304. The predicted octanol–water partition coefficient (Wildman–Crippen LogP) is 4.10. The van der Waals surface area contributed by atoms with Gasteiger partial charge in [0, 0.05) is 39.0 Å². The van der Waals surface area contributed by atoms with Crippen molar-refractivity contribution < 1.29 is 17.5 Å². The average Bonchev–Trinajstić information content (AvgIpc) is 3.26. The van der Waals surface area contributed by atoms with Gasteiger partial charge in [0.2, 0.25) is 16.0 Å². The number of hydrogen-bond acceptors (Lipinski definition) is 8. The fraction of sp³-hybridized carbons (Fsp3) is 0.458. The Kier molecular flexibility index (Phi) is 6.99. The number of nitrogens with zero attached hydrogens (tertiary/aromatic N) is 5. The van der Waals surface area contributed by atoms with E-state index in [2.05, 4.69) is 27.1 Å². The van der Waals surface area contributed by atoms with Crippen molar-refractivity contribution in [2.45, 2.75) is 38.7 Å². The largest absolute Gasteiger partial charge is 0.467 e. The minimum absolute atomic E-state index is 0.0591. The number of rotatable bonds is 7. The molecule has 186 valence electrons. The molecular formula is C24H28FN5O3S2. The van der Waals surface area contributed by atoms with E-state index in [1.54, 1.807) is 4.31 Å². The predicted molar refractivity (Wildman–Crippen MR) is 136 cm³/mol. The third kappa shape index (κ3) is 5.46. The Morgan fingerprint density at radius 3 is 2.63 bits per heavy atom. The fourth-order valence-corrected chi connectivity index (χ4v) is 6.86. The second kappa shape index (κ2) is 10.2. The highest BCUT2D eigenvalue weighted by molar-refractivity contribution is 7.89. The van der Waals surface area contributed by atoms with Crippen LogP contribution in [0.25, 0.3) is 15.8 Å². The van der Waals surface area contributed by atoms with Crippen LogP contribution in [0.3, 0.4) is 0 Å². The number of fused-ring (bicyclic) bond motifs is 1. The maximum atomic E-state index is 13.1. The molecule has 0 radical (unpaired) electrons. The standard InChI is InChI=1S/C24H28FN5O3S2/c1-2-13-35(31,32)30-11-5-17(6-12-30)18-3-4-21-22(14-18)34-24(28-21)33-20-7-9-29(10-8-20)23-26-15-19(25)16-27-23/h3-5,14-16,20H,2,6-13H2,1H3. The first-order valence-corrected chi connectivity index (χ1v) is 14.3. The zero-order valence-corrected chi connectivity index (χ0v) is 21.2. The van der Waals surface area contributed by atoms with Crippen LogP contribution in [0.1, 0.15) is 38.2 Å². The molecule has 0 saturated carbocycles. The van der Waals surface area contributed by atoms with E-state index < -0.39 is 15.8 Å². The van der Waals surface area contributed by atoms with Gasteiger partial charge in [-0.05, 0) is 36.1 Å². The summed E-state index contributed by atoms with van der Waals surface area (Å²) in [6.07, 6.45) is 7.41. The van der Waals surface area contributed by atoms with E-state index in [0.29, 0.717) is 37.1 Å². The Morgan fingerprint density at radius 1 is 1.17 bits per heavy atom. The van der Waals surface area contributed by atoms with Crippen LogP contribution >= 0.6 is 11.3 Å². The molecule has 2 aromatic heterocycles. The number of thiazole rings is 1. The van der Waals surface area contributed by atoms with Crippen molar-refractivity contribution in [1.82, 2.24) is 19.3 Å². The number of anilines is 1. The highest BCUT2D eigenvalue weighted by Crippen LogP contribution is 2.33. The molecule has 2 aliphatic heterocycles. The van der Waals surface area contributed by atoms with Crippen LogP contribution < -0.4 is 9.64 Å². The van der Waals surface area contributed by atoms with Gasteiger partial charge in [0.15, 0.2) is 5.82 Å². The van der Waals surface area contributed by atoms with E-state index in [4.69, 9.17) is 4.74 Å². The van der Waals surface area contributed by atoms with Crippen molar-refractivity contribution in [3.8, 4) is 5.19 Å². The van der Waals surface area contributed by atoms with Crippen molar-refractivity contribution in [3.05, 3.63) is 48.0 Å². The highest BCUT2D eigenvalue weighted by atomic mass is 32.2. The zero-order valence-electron chi connectivity index (χ0n) is 19.6. The first-order chi connectivity index (χ1) is 16.9. The molecule has 3 aromatic rings. The zero-order chi connectivity index (χ0) is 24.4. The molecule has 5 rings (SSSR count). The second-order valence-corrected chi connectivity index (χ2v) is 11.9. The Balaban J connectivity index is 1.21. The number of piperidine rings is 1. The van der Waals surface area contributed by atoms with Gasteiger partial charge in [-0.1, -0.05) is 30.4 Å². The molecule has 0 unspecified atom stereocenters. The van der Waals surface area contributed by atoms with E-state index in [1.165, 1.54) is 29.3 Å². The number of aromatic nitrogens is 3. The van der Waals surface area contributed by atoms with Crippen molar-refractivity contribution in [3.63, 3.8) is 0 Å². The molecule has 11 heteroatoms. The van der Waals surface area contributed by atoms with Crippen LogP contribution in [0, 0.1) is 5.82 Å². The van der Waals surface area contributed by atoms with Crippen molar-refractivity contribution >= 4 is 43.1 Å². The van der Waals surface area contributed by atoms with Crippen LogP contribution in [-0.2, 0) is 10.0 Å². The van der Waals surface area contributed by atoms with Crippen LogP contribution in [0.2, 0.25) is 0 Å². The summed E-state index contributed by atoms with van der Waals surface area (Å²) in [4.78, 5) is 14.8. The quantitative estimate of drug-likeness (QED) is 0.466. The second-order valence-electron chi connectivity index (χ2n) is 8.82. The lowest BCUT2D eigenvalue weighted by molar-refractivity contribution is 0.170. The molecule has 0 atom stereocenters. The first kappa shape index (κ1) is 24.1. The van der Waals surface area contributed by atoms with Gasteiger partial charge in [0.1, 0.15) is 6.10 Å². The summed E-state index contributed by atoms with van der Waals surface area (Å²) in [6.45, 7) is 4.31. The van der Waals surface area contributed by atoms with E-state index >= 15 is 0 Å². The minimum atomic E-state index is -3.17. The number of hydrogen-bond donors (Lipinski definition) is 0. The van der Waals surface area contributed by atoms with E-state index in [0.717, 1.165) is 41.7 Å². The fourth-order valence-electron chi connectivity index (χ4n) is 4.49. The molecule has 0 aliphatic carbocycles. The topological polar surface area (TPSA) is 88.5 Å². The number of halogens is 1. The Bertz CT molecular complexity index is 1320. The third-order valence-corrected chi connectivity index (χ3v) is 9.32. The van der Waals surface area contributed by atoms with Gasteiger partial charge in [0.25, 0.3) is 5.19 Å². The van der Waals surface area contributed by atoms with Gasteiger partial charge in [-0.2, -0.15) is 4.31 Å². The van der Waals surface area contributed by atoms with Gasteiger partial charge in [-0.3, -0.25) is 0 Å². The summed E-state index contributed by atoms with van der Waals surface area (Å²) >= 11 is 1.53. The molecule has 1 saturated heterocycles. The van der Waals surface area contributed by atoms with Gasteiger partial charge in [-0.25, -0.2) is 27.8 Å². The molecule has 0 bridgehead atoms. The smallest absolute Gasteiger partial charge is 0.274 e. The van der Waals surface area contributed by atoms with Gasteiger partial charge in [0.05, 0.1) is 28.4 Å². The highest BCUT2D eigenvalue weighted by Gasteiger charge is 2.25. The van der Waals surface area contributed by atoms with Crippen LogP contribution in [-0.4, -0.2) is 65.7 Å². The van der Waals surface area contributed by atoms with Crippen LogP contribution in [0.5, 0.6) is 5.19 Å². The molecule has 2 aliphatic rings. The third-order valence-electron chi connectivity index (χ3n) is 6.37. The number of sulfonamides is 1. The summed E-state index contributed by atoms with van der Waals surface area (Å²) < 4.78 is 46.5. The van der Waals surface area contributed by atoms with E-state index in [9.17, 15) is 12.8 Å². The van der Waals surface area contributed by atoms with Gasteiger partial charge in [-0.15, -0.1) is 0 Å². The number of benzene rings is 1. The van der Waals surface area contributed by atoms with E-state index in [1.807, 2.05) is 24.0 Å². The Morgan fingerprint density at radius 2 is 1.94 bits per heavy atom. The normalized spacial score (nSPS) is 18.1. The number of ether oxygens (including phenoxy) is 1. The molecule has 1 fully saturated rings. The maximum absolute atomic E-state index is 13.1. The average molecular weight is 518 g/mol. The van der Waals surface area contributed by atoms with Crippen LogP contribution in [0.4, 0.5) is 10.3 Å². The van der Waals surface area contributed by atoms with Gasteiger partial charge < -0.3 is 9.64 Å². The van der Waals surface area contributed by atoms with Crippen LogP contribution in [0.15, 0.2) is 36.7 Å². The Hall–Kier alpha value is -2.63. The molecular weight excluding hydrogens is 489 g/mol. The summed E-state index contributed by atoms with van der Waals surface area (Å²) in [5, 5.41) is 0.656. The SMILES string of the molecule is CCCS(=O)(=O)N1CC=C(c2ccc3nc(OC4CCN(c5ncc(F)cn5)CC4)sc3c2)CC1. The van der Waals surface area contributed by atoms with Crippen molar-refractivity contribution in [2.75, 3.05) is 36.8 Å². The summed E-state index contributed by atoms with van der Waals surface area (Å²) in [6, 6.07) is 6.18. The lowest BCUT2D eigenvalue weighted by Gasteiger charge is -2.31. The summed E-state index contributed by atoms with van der Waals surface area (Å²) in [7, 11) is -3.17. The molecule has 0 N–H and O–H groups in total. The molecule has 8 nitrogen and oxygen atoms in total. The van der Waals surface area contributed by atoms with Crippen molar-refractivity contribution in [2.24, 2.45) is 0 Å². The summed E-state index contributed by atoms with van der Waals surface area (Å²) in [5.41, 5.74) is 3.17. The lowest BCUT2D eigenvalue weighted by atomic mass is 10.0. The molecule has 4 heterocycles. The molecule has 0 spiro atoms. The first-order valence-electron chi connectivity index (χ1n) is 11.9.